The lowest BCUT2D eigenvalue weighted by molar-refractivity contribution is 0.226. The molecule has 2 atom stereocenters. The van der Waals surface area contributed by atoms with Gasteiger partial charge >= 0.3 is 0 Å². The Labute approximate surface area is 104 Å². The average Bonchev–Trinajstić information content (AvgIpc) is 2.19. The molecule has 1 fully saturated rings. The normalized spacial score (nSPS) is 29.4. The second kappa shape index (κ2) is 7.31. The molecule has 104 valence electrons. The SMILES string of the molecule is CC1CCCCC1(C)N.O=S(=O)(O)CCCO. The Balaban J connectivity index is 0.000000304. The van der Waals surface area contributed by atoms with Gasteiger partial charge in [-0.25, -0.2) is 0 Å². The van der Waals surface area contributed by atoms with Crippen LogP contribution in [-0.4, -0.2) is 36.0 Å². The van der Waals surface area contributed by atoms with Crippen LogP contribution in [0.15, 0.2) is 0 Å². The summed E-state index contributed by atoms with van der Waals surface area (Å²) in [5.41, 5.74) is 6.16. The second-order valence-electron chi connectivity index (χ2n) is 5.02. The molecule has 0 heterocycles. The molecule has 0 bridgehead atoms. The Hall–Kier alpha value is -0.170. The zero-order chi connectivity index (χ0) is 13.5. The fourth-order valence-electron chi connectivity index (χ4n) is 1.78. The Morgan fingerprint density at radius 3 is 2.24 bits per heavy atom. The zero-order valence-corrected chi connectivity index (χ0v) is 11.5. The predicted molar refractivity (Wildman–Crippen MR) is 68.3 cm³/mol. The van der Waals surface area contributed by atoms with E-state index in [9.17, 15) is 8.42 Å². The van der Waals surface area contributed by atoms with Crippen molar-refractivity contribution < 1.29 is 18.1 Å². The molecule has 1 aliphatic carbocycles. The van der Waals surface area contributed by atoms with E-state index in [1.165, 1.54) is 25.7 Å². The Bertz CT molecular complexity index is 301. The molecular formula is C11H25NO4S. The number of aliphatic hydroxyl groups is 1. The summed E-state index contributed by atoms with van der Waals surface area (Å²) in [4.78, 5) is 0. The van der Waals surface area contributed by atoms with Gasteiger partial charge in [-0.1, -0.05) is 19.8 Å². The van der Waals surface area contributed by atoms with Crippen LogP contribution >= 0.6 is 0 Å². The van der Waals surface area contributed by atoms with Crippen molar-refractivity contribution in [2.75, 3.05) is 12.4 Å². The van der Waals surface area contributed by atoms with Gasteiger partial charge in [0.1, 0.15) is 0 Å². The summed E-state index contributed by atoms with van der Waals surface area (Å²) in [6.07, 6.45) is 5.35. The van der Waals surface area contributed by atoms with Crippen LogP contribution in [0.1, 0.15) is 46.0 Å². The molecule has 0 aliphatic heterocycles. The largest absolute Gasteiger partial charge is 0.396 e. The molecule has 4 N–H and O–H groups in total. The molecule has 0 aromatic carbocycles. The second-order valence-corrected chi connectivity index (χ2v) is 6.59. The first-order valence-corrected chi connectivity index (χ1v) is 7.65. The van der Waals surface area contributed by atoms with E-state index < -0.39 is 10.1 Å². The molecule has 0 amide bonds. The summed E-state index contributed by atoms with van der Waals surface area (Å²) in [7, 11) is -3.85. The maximum absolute atomic E-state index is 9.83. The van der Waals surface area contributed by atoms with Crippen LogP contribution in [0.3, 0.4) is 0 Å². The van der Waals surface area contributed by atoms with Crippen LogP contribution in [0.5, 0.6) is 0 Å². The standard InChI is InChI=1S/C8H17N.C3H8O4S/c1-7-5-3-4-6-8(7,2)9;4-2-1-3-8(5,6)7/h7H,3-6,9H2,1-2H3;4H,1-3H2,(H,5,6,7). The van der Waals surface area contributed by atoms with Crippen LogP contribution in [-0.2, 0) is 10.1 Å². The van der Waals surface area contributed by atoms with Gasteiger partial charge in [0.15, 0.2) is 0 Å². The zero-order valence-electron chi connectivity index (χ0n) is 10.7. The number of nitrogens with two attached hydrogens (primary N) is 1. The molecule has 0 radical (unpaired) electrons. The molecular weight excluding hydrogens is 242 g/mol. The van der Waals surface area contributed by atoms with E-state index in [0.717, 1.165) is 5.92 Å². The molecule has 0 aromatic rings. The van der Waals surface area contributed by atoms with Crippen molar-refractivity contribution in [1.82, 2.24) is 0 Å². The van der Waals surface area contributed by atoms with E-state index in [1.807, 2.05) is 0 Å². The number of hydrogen-bond donors (Lipinski definition) is 3. The fourth-order valence-corrected chi connectivity index (χ4v) is 2.27. The Morgan fingerprint density at radius 1 is 1.41 bits per heavy atom. The van der Waals surface area contributed by atoms with E-state index in [2.05, 4.69) is 13.8 Å². The molecule has 1 rings (SSSR count). The van der Waals surface area contributed by atoms with Crippen molar-refractivity contribution >= 4 is 10.1 Å². The molecule has 0 aromatic heterocycles. The number of rotatable bonds is 3. The maximum Gasteiger partial charge on any atom is 0.264 e. The van der Waals surface area contributed by atoms with Gasteiger partial charge in [0.05, 0.1) is 5.75 Å². The highest BCUT2D eigenvalue weighted by molar-refractivity contribution is 7.85. The minimum Gasteiger partial charge on any atom is -0.396 e. The third kappa shape index (κ3) is 8.54. The topological polar surface area (TPSA) is 101 Å². The molecule has 6 heteroatoms. The van der Waals surface area contributed by atoms with Crippen molar-refractivity contribution in [2.45, 2.75) is 51.5 Å². The van der Waals surface area contributed by atoms with Crippen LogP contribution < -0.4 is 5.73 Å². The van der Waals surface area contributed by atoms with Crippen LogP contribution in [0.2, 0.25) is 0 Å². The minimum absolute atomic E-state index is 0.0961. The molecule has 1 aliphatic rings. The Morgan fingerprint density at radius 2 is 2.00 bits per heavy atom. The van der Waals surface area contributed by atoms with Gasteiger partial charge in [0.25, 0.3) is 10.1 Å². The van der Waals surface area contributed by atoms with Crippen LogP contribution in [0.4, 0.5) is 0 Å². The fraction of sp³-hybridized carbons (Fsp3) is 1.00. The summed E-state index contributed by atoms with van der Waals surface area (Å²) in [5, 5.41) is 8.05. The average molecular weight is 267 g/mol. The predicted octanol–water partition coefficient (Wildman–Crippen LogP) is 1.17. The number of aliphatic hydroxyl groups excluding tert-OH is 1. The highest BCUT2D eigenvalue weighted by Crippen LogP contribution is 2.30. The smallest absolute Gasteiger partial charge is 0.264 e. The van der Waals surface area contributed by atoms with Crippen molar-refractivity contribution in [3.05, 3.63) is 0 Å². The molecule has 17 heavy (non-hydrogen) atoms. The molecule has 0 spiro atoms. The van der Waals surface area contributed by atoms with Crippen molar-refractivity contribution in [3.8, 4) is 0 Å². The van der Waals surface area contributed by atoms with Crippen molar-refractivity contribution in [2.24, 2.45) is 11.7 Å². The monoisotopic (exact) mass is 267 g/mol. The molecule has 2 unspecified atom stereocenters. The summed E-state index contributed by atoms with van der Waals surface area (Å²) < 4.78 is 27.7. The highest BCUT2D eigenvalue weighted by Gasteiger charge is 2.28. The van der Waals surface area contributed by atoms with Gasteiger partial charge in [-0.05, 0) is 32.1 Å². The van der Waals surface area contributed by atoms with Gasteiger partial charge < -0.3 is 10.8 Å². The van der Waals surface area contributed by atoms with E-state index in [1.54, 1.807) is 0 Å². The van der Waals surface area contributed by atoms with Crippen molar-refractivity contribution in [1.29, 1.82) is 0 Å². The van der Waals surface area contributed by atoms with Gasteiger partial charge in [-0.2, -0.15) is 8.42 Å². The lowest BCUT2D eigenvalue weighted by atomic mass is 9.76. The van der Waals surface area contributed by atoms with Crippen LogP contribution in [0.25, 0.3) is 0 Å². The number of hydrogen-bond acceptors (Lipinski definition) is 4. The summed E-state index contributed by atoms with van der Waals surface area (Å²) in [6, 6.07) is 0. The molecule has 0 saturated heterocycles. The first kappa shape index (κ1) is 16.8. The lowest BCUT2D eigenvalue weighted by Gasteiger charge is -2.35. The summed E-state index contributed by atoms with van der Waals surface area (Å²) in [6.45, 7) is 4.23. The first-order chi connectivity index (χ1) is 7.69. The van der Waals surface area contributed by atoms with E-state index in [4.69, 9.17) is 15.4 Å². The quantitative estimate of drug-likeness (QED) is 0.666. The van der Waals surface area contributed by atoms with E-state index >= 15 is 0 Å². The van der Waals surface area contributed by atoms with Gasteiger partial charge in [-0.3, -0.25) is 4.55 Å². The minimum atomic E-state index is -3.85. The third-order valence-electron chi connectivity index (χ3n) is 3.29. The van der Waals surface area contributed by atoms with Gasteiger partial charge in [0.2, 0.25) is 0 Å². The lowest BCUT2D eigenvalue weighted by Crippen LogP contribution is -2.44. The molecule has 1 saturated carbocycles. The van der Waals surface area contributed by atoms with Gasteiger partial charge in [-0.15, -0.1) is 0 Å². The van der Waals surface area contributed by atoms with E-state index in [-0.39, 0.29) is 24.3 Å². The molecule has 5 nitrogen and oxygen atoms in total. The first-order valence-electron chi connectivity index (χ1n) is 6.04. The Kier molecular flexibility index (Phi) is 7.23. The van der Waals surface area contributed by atoms with Crippen LogP contribution in [0, 0.1) is 5.92 Å². The highest BCUT2D eigenvalue weighted by atomic mass is 32.2. The van der Waals surface area contributed by atoms with Crippen molar-refractivity contribution in [3.63, 3.8) is 0 Å². The maximum atomic E-state index is 9.83. The van der Waals surface area contributed by atoms with Gasteiger partial charge in [0, 0.05) is 12.1 Å². The van der Waals surface area contributed by atoms with E-state index in [0.29, 0.717) is 0 Å². The summed E-state index contributed by atoms with van der Waals surface area (Å²) >= 11 is 0. The third-order valence-corrected chi connectivity index (χ3v) is 4.09. The summed E-state index contributed by atoms with van der Waals surface area (Å²) in [5.74, 6) is 0.370.